The fourth-order valence-corrected chi connectivity index (χ4v) is 3.71. The van der Waals surface area contributed by atoms with Crippen LogP contribution < -0.4 is 14.8 Å². The number of methoxy groups -OCH3 is 2. The van der Waals surface area contributed by atoms with Crippen molar-refractivity contribution in [1.29, 1.82) is 0 Å². The minimum atomic E-state index is 0.168. The highest BCUT2D eigenvalue weighted by Gasteiger charge is 2.17. The van der Waals surface area contributed by atoms with E-state index in [1.165, 1.54) is 10.4 Å². The fourth-order valence-electron chi connectivity index (χ4n) is 2.19. The second kappa shape index (κ2) is 7.82. The zero-order chi connectivity index (χ0) is 15.2. The lowest BCUT2D eigenvalue weighted by molar-refractivity contribution is 0.354. The molecule has 1 atom stereocenters. The van der Waals surface area contributed by atoms with Gasteiger partial charge in [-0.05, 0) is 58.7 Å². The van der Waals surface area contributed by atoms with E-state index in [-0.39, 0.29) is 6.04 Å². The van der Waals surface area contributed by atoms with Crippen molar-refractivity contribution in [3.05, 3.63) is 44.6 Å². The standard InChI is InChI=1S/C16H20BrNO2S/c1-4-9-18-16(14-7-8-15(17)21-14)11-5-6-12(19-2)13(10-11)20-3/h5-8,10,16,18H,4,9H2,1-3H3. The molecule has 1 unspecified atom stereocenters. The molecule has 114 valence electrons. The number of halogens is 1. The molecule has 0 saturated carbocycles. The molecular weight excluding hydrogens is 350 g/mol. The Kier molecular flexibility index (Phi) is 6.08. The third-order valence-corrected chi connectivity index (χ3v) is 4.91. The van der Waals surface area contributed by atoms with Crippen molar-refractivity contribution in [2.75, 3.05) is 20.8 Å². The molecule has 0 aliphatic heterocycles. The Labute approximate surface area is 138 Å². The lowest BCUT2D eigenvalue weighted by Crippen LogP contribution is -2.22. The van der Waals surface area contributed by atoms with E-state index in [2.05, 4.69) is 46.4 Å². The Morgan fingerprint density at radius 2 is 1.90 bits per heavy atom. The maximum Gasteiger partial charge on any atom is 0.161 e. The Bertz CT molecular complexity index is 585. The van der Waals surface area contributed by atoms with E-state index >= 15 is 0 Å². The largest absolute Gasteiger partial charge is 0.493 e. The molecule has 21 heavy (non-hydrogen) atoms. The highest BCUT2D eigenvalue weighted by atomic mass is 79.9. The van der Waals surface area contributed by atoms with E-state index in [0.29, 0.717) is 0 Å². The van der Waals surface area contributed by atoms with Crippen LogP contribution in [-0.4, -0.2) is 20.8 Å². The molecule has 3 nitrogen and oxygen atoms in total. The van der Waals surface area contributed by atoms with Gasteiger partial charge in [0, 0.05) is 4.88 Å². The van der Waals surface area contributed by atoms with Gasteiger partial charge in [-0.25, -0.2) is 0 Å². The maximum absolute atomic E-state index is 5.41. The summed E-state index contributed by atoms with van der Waals surface area (Å²) < 4.78 is 11.9. The summed E-state index contributed by atoms with van der Waals surface area (Å²) in [5.74, 6) is 1.51. The van der Waals surface area contributed by atoms with Crippen molar-refractivity contribution in [2.45, 2.75) is 19.4 Å². The number of thiophene rings is 1. The number of hydrogen-bond acceptors (Lipinski definition) is 4. The van der Waals surface area contributed by atoms with Gasteiger partial charge in [0.25, 0.3) is 0 Å². The Morgan fingerprint density at radius 1 is 1.14 bits per heavy atom. The summed E-state index contributed by atoms with van der Waals surface area (Å²) in [4.78, 5) is 1.28. The van der Waals surface area contributed by atoms with Gasteiger partial charge in [0.05, 0.1) is 24.0 Å². The summed E-state index contributed by atoms with van der Waals surface area (Å²) in [5, 5.41) is 3.60. The Hall–Kier alpha value is -1.04. The summed E-state index contributed by atoms with van der Waals surface area (Å²) in [6.07, 6.45) is 1.09. The molecule has 0 bridgehead atoms. The van der Waals surface area contributed by atoms with Gasteiger partial charge in [0.1, 0.15) is 0 Å². The molecule has 2 aromatic rings. The monoisotopic (exact) mass is 369 g/mol. The molecule has 0 radical (unpaired) electrons. The minimum Gasteiger partial charge on any atom is -0.493 e. The summed E-state index contributed by atoms with van der Waals surface area (Å²) >= 11 is 5.28. The summed E-state index contributed by atoms with van der Waals surface area (Å²) in [6, 6.07) is 10.5. The first-order valence-electron chi connectivity index (χ1n) is 6.90. The van der Waals surface area contributed by atoms with E-state index in [1.807, 2.05) is 12.1 Å². The SMILES string of the molecule is CCCNC(c1ccc(OC)c(OC)c1)c1ccc(Br)s1. The fraction of sp³-hybridized carbons (Fsp3) is 0.375. The summed E-state index contributed by atoms with van der Waals surface area (Å²) in [6.45, 7) is 3.14. The predicted octanol–water partition coefficient (Wildman–Crippen LogP) is 4.62. The number of ether oxygens (including phenoxy) is 2. The average molecular weight is 370 g/mol. The van der Waals surface area contributed by atoms with Crippen LogP contribution in [0.4, 0.5) is 0 Å². The van der Waals surface area contributed by atoms with Crippen LogP contribution in [0.25, 0.3) is 0 Å². The van der Waals surface area contributed by atoms with Crippen LogP contribution in [0.3, 0.4) is 0 Å². The van der Waals surface area contributed by atoms with Gasteiger partial charge in [-0.1, -0.05) is 13.0 Å². The van der Waals surface area contributed by atoms with Crippen molar-refractivity contribution in [1.82, 2.24) is 5.32 Å². The molecule has 1 aromatic carbocycles. The number of hydrogen-bond donors (Lipinski definition) is 1. The molecule has 0 spiro atoms. The zero-order valence-corrected chi connectivity index (χ0v) is 14.9. The maximum atomic E-state index is 5.41. The third-order valence-electron chi connectivity index (χ3n) is 3.22. The van der Waals surface area contributed by atoms with Crippen molar-refractivity contribution in [3.63, 3.8) is 0 Å². The minimum absolute atomic E-state index is 0.168. The Balaban J connectivity index is 2.36. The second-order valence-electron chi connectivity index (χ2n) is 4.64. The highest BCUT2D eigenvalue weighted by molar-refractivity contribution is 9.11. The van der Waals surface area contributed by atoms with Crippen LogP contribution in [0.5, 0.6) is 11.5 Å². The normalized spacial score (nSPS) is 12.2. The predicted molar refractivity (Wildman–Crippen MR) is 91.7 cm³/mol. The van der Waals surface area contributed by atoms with Crippen molar-refractivity contribution < 1.29 is 9.47 Å². The van der Waals surface area contributed by atoms with Crippen LogP contribution in [0, 0.1) is 0 Å². The van der Waals surface area contributed by atoms with E-state index in [9.17, 15) is 0 Å². The van der Waals surface area contributed by atoms with Crippen molar-refractivity contribution in [2.24, 2.45) is 0 Å². The summed E-state index contributed by atoms with van der Waals surface area (Å²) in [5.41, 5.74) is 1.18. The topological polar surface area (TPSA) is 30.5 Å². The first-order chi connectivity index (χ1) is 10.2. The molecular formula is C16H20BrNO2S. The molecule has 1 heterocycles. The lowest BCUT2D eigenvalue weighted by atomic mass is 10.0. The van der Waals surface area contributed by atoms with Gasteiger partial charge in [-0.3, -0.25) is 0 Å². The molecule has 0 aliphatic carbocycles. The van der Waals surface area contributed by atoms with Crippen LogP contribution >= 0.6 is 27.3 Å². The van der Waals surface area contributed by atoms with Gasteiger partial charge in [-0.2, -0.15) is 0 Å². The third kappa shape index (κ3) is 3.99. The highest BCUT2D eigenvalue weighted by Crippen LogP contribution is 2.35. The molecule has 0 saturated heterocycles. The van der Waals surface area contributed by atoms with Gasteiger partial charge in [-0.15, -0.1) is 11.3 Å². The molecule has 2 rings (SSSR count). The first kappa shape index (κ1) is 16.3. The van der Waals surface area contributed by atoms with E-state index in [4.69, 9.17) is 9.47 Å². The number of rotatable bonds is 7. The molecule has 1 N–H and O–H groups in total. The van der Waals surface area contributed by atoms with Crippen LogP contribution in [0.1, 0.15) is 29.8 Å². The second-order valence-corrected chi connectivity index (χ2v) is 7.14. The van der Waals surface area contributed by atoms with E-state index < -0.39 is 0 Å². The first-order valence-corrected chi connectivity index (χ1v) is 8.51. The van der Waals surface area contributed by atoms with Gasteiger partial charge >= 0.3 is 0 Å². The zero-order valence-electron chi connectivity index (χ0n) is 12.5. The molecule has 0 aliphatic rings. The number of benzene rings is 1. The Morgan fingerprint density at radius 3 is 2.48 bits per heavy atom. The van der Waals surface area contributed by atoms with Gasteiger partial charge < -0.3 is 14.8 Å². The summed E-state index contributed by atoms with van der Waals surface area (Å²) in [7, 11) is 3.32. The number of nitrogens with one attached hydrogen (secondary N) is 1. The van der Waals surface area contributed by atoms with Crippen molar-refractivity contribution in [3.8, 4) is 11.5 Å². The van der Waals surface area contributed by atoms with E-state index in [0.717, 1.165) is 28.3 Å². The molecule has 0 fully saturated rings. The van der Waals surface area contributed by atoms with Crippen LogP contribution in [0.2, 0.25) is 0 Å². The van der Waals surface area contributed by atoms with E-state index in [1.54, 1.807) is 25.6 Å². The lowest BCUT2D eigenvalue weighted by Gasteiger charge is -2.19. The quantitative estimate of drug-likeness (QED) is 0.772. The molecule has 0 amide bonds. The van der Waals surface area contributed by atoms with Gasteiger partial charge in [0.2, 0.25) is 0 Å². The van der Waals surface area contributed by atoms with Crippen LogP contribution in [-0.2, 0) is 0 Å². The average Bonchev–Trinajstić information content (AvgIpc) is 2.93. The molecule has 1 aromatic heterocycles. The van der Waals surface area contributed by atoms with Crippen molar-refractivity contribution >= 4 is 27.3 Å². The van der Waals surface area contributed by atoms with Gasteiger partial charge in [0.15, 0.2) is 11.5 Å². The smallest absolute Gasteiger partial charge is 0.161 e. The molecule has 5 heteroatoms. The van der Waals surface area contributed by atoms with Crippen LogP contribution in [0.15, 0.2) is 34.1 Å².